The van der Waals surface area contributed by atoms with Gasteiger partial charge in [0.05, 0.1) is 12.8 Å². The first-order valence-corrected chi connectivity index (χ1v) is 9.42. The second kappa shape index (κ2) is 9.55. The monoisotopic (exact) mass is 388 g/mol. The maximum absolute atomic E-state index is 12.9. The lowest BCUT2D eigenvalue weighted by Gasteiger charge is -2.20. The number of amides is 2. The van der Waals surface area contributed by atoms with Crippen LogP contribution in [0.1, 0.15) is 32.8 Å². The Bertz CT molecular complexity index is 972. The van der Waals surface area contributed by atoms with Crippen molar-refractivity contribution in [1.29, 1.82) is 0 Å². The SMILES string of the molecule is CNC(=O)c1ccc(CN(Cc2ccco2)C(=O)C=Cc2ccc(C)cc2)cc1. The molecule has 1 aromatic heterocycles. The summed E-state index contributed by atoms with van der Waals surface area (Å²) in [6.45, 7) is 2.80. The minimum Gasteiger partial charge on any atom is -0.467 e. The van der Waals surface area contributed by atoms with Gasteiger partial charge in [0.2, 0.25) is 5.91 Å². The average Bonchev–Trinajstić information content (AvgIpc) is 3.26. The average molecular weight is 388 g/mol. The molecule has 0 spiro atoms. The number of hydrogen-bond donors (Lipinski definition) is 1. The number of hydrogen-bond acceptors (Lipinski definition) is 3. The Balaban J connectivity index is 1.75. The quantitative estimate of drug-likeness (QED) is 0.618. The Morgan fingerprint density at radius 3 is 2.34 bits per heavy atom. The van der Waals surface area contributed by atoms with Crippen molar-refractivity contribution in [3.8, 4) is 0 Å². The highest BCUT2D eigenvalue weighted by atomic mass is 16.3. The van der Waals surface area contributed by atoms with Crippen molar-refractivity contribution in [2.45, 2.75) is 20.0 Å². The second-order valence-electron chi connectivity index (χ2n) is 6.79. The van der Waals surface area contributed by atoms with Crippen LogP contribution in [-0.4, -0.2) is 23.8 Å². The topological polar surface area (TPSA) is 62.6 Å². The summed E-state index contributed by atoms with van der Waals surface area (Å²) in [6, 6.07) is 18.9. The zero-order valence-electron chi connectivity index (χ0n) is 16.6. The third-order valence-corrected chi connectivity index (χ3v) is 4.55. The number of nitrogens with zero attached hydrogens (tertiary/aromatic N) is 1. The zero-order chi connectivity index (χ0) is 20.6. The van der Waals surface area contributed by atoms with E-state index in [1.54, 1.807) is 42.5 Å². The molecule has 0 bridgehead atoms. The van der Waals surface area contributed by atoms with E-state index in [1.807, 2.05) is 55.5 Å². The van der Waals surface area contributed by atoms with Gasteiger partial charge in [-0.25, -0.2) is 0 Å². The highest BCUT2D eigenvalue weighted by Crippen LogP contribution is 2.14. The molecule has 0 atom stereocenters. The van der Waals surface area contributed by atoms with Gasteiger partial charge in [0.15, 0.2) is 0 Å². The minimum atomic E-state index is -0.138. The van der Waals surface area contributed by atoms with E-state index < -0.39 is 0 Å². The van der Waals surface area contributed by atoms with E-state index in [9.17, 15) is 9.59 Å². The third-order valence-electron chi connectivity index (χ3n) is 4.55. The zero-order valence-corrected chi connectivity index (χ0v) is 16.6. The van der Waals surface area contributed by atoms with Crippen molar-refractivity contribution in [2.75, 3.05) is 7.05 Å². The normalized spacial score (nSPS) is 10.8. The molecule has 1 heterocycles. The Morgan fingerprint density at radius 2 is 1.72 bits per heavy atom. The number of rotatable bonds is 7. The predicted octanol–water partition coefficient (Wildman–Crippen LogP) is 4.19. The van der Waals surface area contributed by atoms with Crippen LogP contribution < -0.4 is 5.32 Å². The molecule has 0 aliphatic rings. The molecular formula is C24H24N2O3. The van der Waals surface area contributed by atoms with Crippen LogP contribution in [0, 0.1) is 6.92 Å². The van der Waals surface area contributed by atoms with E-state index in [4.69, 9.17) is 4.42 Å². The van der Waals surface area contributed by atoms with Crippen molar-refractivity contribution in [3.05, 3.63) is 101 Å². The minimum absolute atomic E-state index is 0.114. The van der Waals surface area contributed by atoms with Gasteiger partial charge in [0.1, 0.15) is 5.76 Å². The number of carbonyl (C=O) groups is 2. The van der Waals surface area contributed by atoms with Crippen LogP contribution in [0.15, 0.2) is 77.4 Å². The van der Waals surface area contributed by atoms with Gasteiger partial charge in [0, 0.05) is 25.2 Å². The fourth-order valence-electron chi connectivity index (χ4n) is 2.88. The second-order valence-corrected chi connectivity index (χ2v) is 6.79. The molecular weight excluding hydrogens is 364 g/mol. The van der Waals surface area contributed by atoms with Gasteiger partial charge in [-0.1, -0.05) is 42.0 Å². The molecule has 3 rings (SSSR count). The van der Waals surface area contributed by atoms with Gasteiger partial charge in [-0.3, -0.25) is 9.59 Å². The fraction of sp³-hybridized carbons (Fsp3) is 0.167. The van der Waals surface area contributed by atoms with Gasteiger partial charge >= 0.3 is 0 Å². The first-order chi connectivity index (χ1) is 14.0. The summed E-state index contributed by atoms with van der Waals surface area (Å²) < 4.78 is 5.42. The van der Waals surface area contributed by atoms with E-state index in [1.165, 1.54) is 5.56 Å². The van der Waals surface area contributed by atoms with Crippen LogP contribution in [0.2, 0.25) is 0 Å². The van der Waals surface area contributed by atoms with Gasteiger partial charge in [-0.2, -0.15) is 0 Å². The molecule has 148 valence electrons. The smallest absolute Gasteiger partial charge is 0.251 e. The van der Waals surface area contributed by atoms with Gasteiger partial charge in [-0.15, -0.1) is 0 Å². The van der Waals surface area contributed by atoms with E-state index in [0.717, 1.165) is 11.1 Å². The Kier molecular flexibility index (Phi) is 6.63. The molecule has 5 nitrogen and oxygen atoms in total. The Hall–Kier alpha value is -3.60. The number of furan rings is 1. The molecule has 0 fully saturated rings. The molecule has 0 saturated carbocycles. The molecule has 0 aliphatic carbocycles. The van der Waals surface area contributed by atoms with Crippen LogP contribution in [0.25, 0.3) is 6.08 Å². The molecule has 0 unspecified atom stereocenters. The predicted molar refractivity (Wildman–Crippen MR) is 113 cm³/mol. The first kappa shape index (κ1) is 20.1. The first-order valence-electron chi connectivity index (χ1n) is 9.42. The van der Waals surface area contributed by atoms with Crippen molar-refractivity contribution in [3.63, 3.8) is 0 Å². The van der Waals surface area contributed by atoms with Gasteiger partial charge < -0.3 is 14.6 Å². The number of aryl methyl sites for hydroxylation is 1. The lowest BCUT2D eigenvalue weighted by molar-refractivity contribution is -0.127. The van der Waals surface area contributed by atoms with E-state index in [2.05, 4.69) is 5.32 Å². The standard InChI is InChI=1S/C24H24N2O3/c1-18-5-7-19(8-6-18)11-14-23(27)26(17-22-4-3-15-29-22)16-20-9-12-21(13-10-20)24(28)25-2/h3-15H,16-17H2,1-2H3,(H,25,28). The van der Waals surface area contributed by atoms with E-state index in [0.29, 0.717) is 24.4 Å². The maximum atomic E-state index is 12.9. The van der Waals surface area contributed by atoms with E-state index in [-0.39, 0.29) is 11.8 Å². The van der Waals surface area contributed by atoms with Crippen LogP contribution in [0.4, 0.5) is 0 Å². The molecule has 2 aromatic carbocycles. The number of nitrogens with one attached hydrogen (secondary N) is 1. The summed E-state index contributed by atoms with van der Waals surface area (Å²) in [7, 11) is 1.60. The van der Waals surface area contributed by atoms with Crippen LogP contribution in [0.3, 0.4) is 0 Å². The summed E-state index contributed by atoms with van der Waals surface area (Å²) in [5.74, 6) is 0.461. The summed E-state index contributed by atoms with van der Waals surface area (Å²) >= 11 is 0. The molecule has 1 N–H and O–H groups in total. The Morgan fingerprint density at radius 1 is 1.00 bits per heavy atom. The number of benzene rings is 2. The molecule has 3 aromatic rings. The summed E-state index contributed by atoms with van der Waals surface area (Å²) in [6.07, 6.45) is 4.98. The maximum Gasteiger partial charge on any atom is 0.251 e. The van der Waals surface area contributed by atoms with Crippen molar-refractivity contribution in [2.24, 2.45) is 0 Å². The largest absolute Gasteiger partial charge is 0.467 e. The van der Waals surface area contributed by atoms with Crippen molar-refractivity contribution < 1.29 is 14.0 Å². The van der Waals surface area contributed by atoms with Gasteiger partial charge in [0.25, 0.3) is 5.91 Å². The highest BCUT2D eigenvalue weighted by molar-refractivity contribution is 5.94. The van der Waals surface area contributed by atoms with Gasteiger partial charge in [-0.05, 0) is 48.4 Å². The molecule has 0 radical (unpaired) electrons. The fourth-order valence-corrected chi connectivity index (χ4v) is 2.88. The third kappa shape index (κ3) is 5.69. The molecule has 5 heteroatoms. The van der Waals surface area contributed by atoms with Crippen LogP contribution >= 0.6 is 0 Å². The van der Waals surface area contributed by atoms with Crippen molar-refractivity contribution in [1.82, 2.24) is 10.2 Å². The summed E-state index contributed by atoms with van der Waals surface area (Å²) in [4.78, 5) is 26.3. The summed E-state index contributed by atoms with van der Waals surface area (Å²) in [5.41, 5.74) is 3.66. The lowest BCUT2D eigenvalue weighted by Crippen LogP contribution is -2.28. The molecule has 2 amide bonds. The Labute approximate surface area is 170 Å². The summed E-state index contributed by atoms with van der Waals surface area (Å²) in [5, 5.41) is 2.60. The van der Waals surface area contributed by atoms with Crippen LogP contribution in [-0.2, 0) is 17.9 Å². The van der Waals surface area contributed by atoms with Crippen molar-refractivity contribution >= 4 is 17.9 Å². The molecule has 0 saturated heterocycles. The van der Waals surface area contributed by atoms with E-state index >= 15 is 0 Å². The van der Waals surface area contributed by atoms with Crippen LogP contribution in [0.5, 0.6) is 0 Å². The molecule has 0 aliphatic heterocycles. The number of carbonyl (C=O) groups excluding carboxylic acids is 2. The highest BCUT2D eigenvalue weighted by Gasteiger charge is 2.14. The lowest BCUT2D eigenvalue weighted by atomic mass is 10.1. The molecule has 29 heavy (non-hydrogen) atoms.